The Morgan fingerprint density at radius 1 is 1.10 bits per heavy atom. The van der Waals surface area contributed by atoms with Gasteiger partial charge in [-0.1, -0.05) is 35.9 Å². The van der Waals surface area contributed by atoms with E-state index in [9.17, 15) is 9.59 Å². The van der Waals surface area contributed by atoms with E-state index in [0.717, 1.165) is 15.6 Å². The average Bonchev–Trinajstić information content (AvgIpc) is 3.18. The third-order valence-electron chi connectivity index (χ3n) is 4.93. The second-order valence-electron chi connectivity index (χ2n) is 6.98. The first-order chi connectivity index (χ1) is 15.1. The molecular formula is C23H21ClN4O3. The largest absolute Gasteiger partial charge is 0.383 e. The van der Waals surface area contributed by atoms with Crippen LogP contribution in [0, 0.1) is 0 Å². The number of methoxy groups -OCH3 is 1. The molecule has 0 bridgehead atoms. The average molecular weight is 437 g/mol. The molecule has 0 saturated heterocycles. The Morgan fingerprint density at radius 3 is 2.74 bits per heavy atom. The number of carbonyl (C=O) groups is 1. The molecule has 0 spiro atoms. The van der Waals surface area contributed by atoms with Gasteiger partial charge in [-0.15, -0.1) is 0 Å². The molecule has 1 amide bonds. The molecule has 0 fully saturated rings. The van der Waals surface area contributed by atoms with E-state index >= 15 is 0 Å². The van der Waals surface area contributed by atoms with Gasteiger partial charge in [0, 0.05) is 36.9 Å². The summed E-state index contributed by atoms with van der Waals surface area (Å²) in [4.78, 5) is 25.0. The zero-order valence-corrected chi connectivity index (χ0v) is 17.7. The van der Waals surface area contributed by atoms with E-state index in [-0.39, 0.29) is 18.0 Å². The summed E-state index contributed by atoms with van der Waals surface area (Å²) in [5, 5.41) is 8.65. The van der Waals surface area contributed by atoms with Gasteiger partial charge in [0.1, 0.15) is 6.54 Å². The summed E-state index contributed by atoms with van der Waals surface area (Å²) in [5.74, 6) is -0.344. The molecule has 4 aromatic rings. The fraction of sp³-hybridized carbons (Fsp3) is 0.174. The van der Waals surface area contributed by atoms with Gasteiger partial charge in [0.25, 0.3) is 5.56 Å². The van der Waals surface area contributed by atoms with E-state index < -0.39 is 0 Å². The summed E-state index contributed by atoms with van der Waals surface area (Å²) in [5.41, 5.74) is 2.52. The van der Waals surface area contributed by atoms with Crippen LogP contribution in [0.2, 0.25) is 5.02 Å². The molecule has 8 heteroatoms. The van der Waals surface area contributed by atoms with E-state index in [4.69, 9.17) is 16.3 Å². The van der Waals surface area contributed by atoms with E-state index in [1.807, 2.05) is 48.7 Å². The zero-order valence-electron chi connectivity index (χ0n) is 16.9. The predicted octanol–water partition coefficient (Wildman–Crippen LogP) is 3.80. The van der Waals surface area contributed by atoms with Crippen molar-refractivity contribution in [1.82, 2.24) is 14.3 Å². The number of carbonyl (C=O) groups excluding carboxylic acids is 1. The number of nitrogens with zero attached hydrogens (tertiary/aromatic N) is 3. The molecule has 0 radical (unpaired) electrons. The Balaban J connectivity index is 1.56. The molecule has 0 unspecified atom stereocenters. The van der Waals surface area contributed by atoms with Crippen molar-refractivity contribution in [3.63, 3.8) is 0 Å². The van der Waals surface area contributed by atoms with Gasteiger partial charge in [-0.05, 0) is 30.3 Å². The monoisotopic (exact) mass is 436 g/mol. The van der Waals surface area contributed by atoms with Crippen LogP contribution in [0.15, 0.2) is 71.7 Å². The lowest BCUT2D eigenvalue weighted by molar-refractivity contribution is -0.117. The second-order valence-corrected chi connectivity index (χ2v) is 7.39. The number of amides is 1. The quantitative estimate of drug-likeness (QED) is 0.478. The molecule has 0 aliphatic rings. The van der Waals surface area contributed by atoms with Gasteiger partial charge in [-0.3, -0.25) is 9.59 Å². The number of rotatable bonds is 7. The van der Waals surface area contributed by atoms with Crippen LogP contribution in [0.3, 0.4) is 0 Å². The van der Waals surface area contributed by atoms with Crippen molar-refractivity contribution in [2.75, 3.05) is 19.0 Å². The van der Waals surface area contributed by atoms with E-state index in [0.29, 0.717) is 35.1 Å². The highest BCUT2D eigenvalue weighted by Crippen LogP contribution is 2.26. The van der Waals surface area contributed by atoms with E-state index in [1.54, 1.807) is 19.2 Å². The Hall–Kier alpha value is -3.42. The number of benzene rings is 2. The zero-order chi connectivity index (χ0) is 21.8. The van der Waals surface area contributed by atoms with Gasteiger partial charge >= 0.3 is 0 Å². The lowest BCUT2D eigenvalue weighted by Gasteiger charge is -2.10. The lowest BCUT2D eigenvalue weighted by Crippen LogP contribution is -2.29. The van der Waals surface area contributed by atoms with E-state index in [1.165, 1.54) is 6.07 Å². The first-order valence-electron chi connectivity index (χ1n) is 9.76. The molecule has 31 heavy (non-hydrogen) atoms. The highest BCUT2D eigenvalue weighted by molar-refractivity contribution is 6.33. The Morgan fingerprint density at radius 2 is 1.94 bits per heavy atom. The molecule has 0 aliphatic heterocycles. The molecule has 0 atom stereocenters. The minimum Gasteiger partial charge on any atom is -0.383 e. The SMILES string of the molecule is COCCn1ccc2c(NC(=O)Cn3nc(-c4ccccc4Cl)ccc3=O)cccc21. The Bertz CT molecular complexity index is 1300. The maximum atomic E-state index is 12.7. The predicted molar refractivity (Wildman–Crippen MR) is 121 cm³/mol. The van der Waals surface area contributed by atoms with Crippen LogP contribution in [-0.2, 0) is 22.6 Å². The minimum absolute atomic E-state index is 0.210. The van der Waals surface area contributed by atoms with Crippen LogP contribution in [0.1, 0.15) is 0 Å². The van der Waals surface area contributed by atoms with Crippen LogP contribution < -0.4 is 10.9 Å². The van der Waals surface area contributed by atoms with Gasteiger partial charge < -0.3 is 14.6 Å². The molecule has 0 saturated carbocycles. The van der Waals surface area contributed by atoms with Crippen molar-refractivity contribution in [3.8, 4) is 11.3 Å². The van der Waals surface area contributed by atoms with Gasteiger partial charge in [0.15, 0.2) is 0 Å². The van der Waals surface area contributed by atoms with Crippen molar-refractivity contribution in [2.24, 2.45) is 0 Å². The van der Waals surface area contributed by atoms with Crippen LogP contribution in [-0.4, -0.2) is 34.0 Å². The number of hydrogen-bond donors (Lipinski definition) is 1. The first kappa shape index (κ1) is 20.8. The van der Waals surface area contributed by atoms with Gasteiger partial charge in [0.2, 0.25) is 5.91 Å². The summed E-state index contributed by atoms with van der Waals surface area (Å²) in [6.45, 7) is 1.10. The molecule has 2 heterocycles. The van der Waals surface area contributed by atoms with Gasteiger partial charge in [-0.2, -0.15) is 5.10 Å². The summed E-state index contributed by atoms with van der Waals surface area (Å²) in [6.07, 6.45) is 1.96. The molecule has 1 N–H and O–H groups in total. The van der Waals surface area contributed by atoms with E-state index in [2.05, 4.69) is 15.0 Å². The van der Waals surface area contributed by atoms with Crippen LogP contribution in [0.5, 0.6) is 0 Å². The summed E-state index contributed by atoms with van der Waals surface area (Å²) < 4.78 is 8.35. The summed E-state index contributed by atoms with van der Waals surface area (Å²) >= 11 is 6.24. The topological polar surface area (TPSA) is 78.2 Å². The number of hydrogen-bond acceptors (Lipinski definition) is 4. The normalized spacial score (nSPS) is 11.0. The number of halogens is 1. The van der Waals surface area contributed by atoms with Crippen LogP contribution in [0.4, 0.5) is 5.69 Å². The maximum absolute atomic E-state index is 12.7. The fourth-order valence-electron chi connectivity index (χ4n) is 3.42. The molecular weight excluding hydrogens is 416 g/mol. The first-order valence-corrected chi connectivity index (χ1v) is 10.1. The maximum Gasteiger partial charge on any atom is 0.267 e. The number of nitrogens with one attached hydrogen (secondary N) is 1. The smallest absolute Gasteiger partial charge is 0.267 e. The number of fused-ring (bicyclic) bond motifs is 1. The minimum atomic E-state index is -0.366. The molecule has 2 aromatic carbocycles. The number of anilines is 1. The Labute approximate surface area is 183 Å². The lowest BCUT2D eigenvalue weighted by atomic mass is 10.1. The van der Waals surface area contributed by atoms with Crippen molar-refractivity contribution >= 4 is 34.1 Å². The number of aromatic nitrogens is 3. The summed E-state index contributed by atoms with van der Waals surface area (Å²) in [7, 11) is 1.66. The Kier molecular flexibility index (Phi) is 6.16. The molecule has 158 valence electrons. The van der Waals surface area contributed by atoms with Crippen LogP contribution >= 0.6 is 11.6 Å². The van der Waals surface area contributed by atoms with Gasteiger partial charge in [0.05, 0.1) is 28.5 Å². The molecule has 0 aliphatic carbocycles. The molecule has 2 aromatic heterocycles. The van der Waals surface area contributed by atoms with Gasteiger partial charge in [-0.25, -0.2) is 4.68 Å². The second kappa shape index (κ2) is 9.16. The standard InChI is InChI=1S/C23H21ClN4O3/c1-31-14-13-27-12-11-17-19(7-4-8-21(17)27)25-22(29)15-28-23(30)10-9-20(26-28)16-5-2-3-6-18(16)24/h2-12H,13-15H2,1H3,(H,25,29). The highest BCUT2D eigenvalue weighted by atomic mass is 35.5. The van der Waals surface area contributed by atoms with Crippen molar-refractivity contribution in [3.05, 3.63) is 82.2 Å². The molecule has 7 nitrogen and oxygen atoms in total. The van der Waals surface area contributed by atoms with Crippen molar-refractivity contribution < 1.29 is 9.53 Å². The third-order valence-corrected chi connectivity index (χ3v) is 5.26. The molecule has 4 rings (SSSR count). The summed E-state index contributed by atoms with van der Waals surface area (Å²) in [6, 6.07) is 17.8. The van der Waals surface area contributed by atoms with Crippen LogP contribution in [0.25, 0.3) is 22.2 Å². The fourth-order valence-corrected chi connectivity index (χ4v) is 3.65. The number of ether oxygens (including phenoxy) is 1. The third kappa shape index (κ3) is 4.52. The highest BCUT2D eigenvalue weighted by Gasteiger charge is 2.12. The van der Waals surface area contributed by atoms with Crippen molar-refractivity contribution in [2.45, 2.75) is 13.1 Å². The van der Waals surface area contributed by atoms with Crippen molar-refractivity contribution in [1.29, 1.82) is 0 Å².